The Hall–Kier alpha value is -0.0900. The predicted molar refractivity (Wildman–Crippen MR) is 74.5 cm³/mol. The van der Waals surface area contributed by atoms with E-state index >= 15 is 0 Å². The number of hydrogen-bond donors (Lipinski definition) is 2. The van der Waals surface area contributed by atoms with Crippen LogP contribution in [0.25, 0.3) is 0 Å². The van der Waals surface area contributed by atoms with E-state index in [2.05, 4.69) is 28.2 Å². The highest BCUT2D eigenvalue weighted by Gasteiger charge is 2.36. The summed E-state index contributed by atoms with van der Waals surface area (Å²) in [6.45, 7) is 3.85. The Labute approximate surface area is 115 Å². The number of benzene rings is 1. The van der Waals surface area contributed by atoms with Crippen molar-refractivity contribution in [1.29, 1.82) is 0 Å². The van der Waals surface area contributed by atoms with Crippen molar-refractivity contribution in [3.05, 3.63) is 33.3 Å². The highest BCUT2D eigenvalue weighted by Crippen LogP contribution is 2.31. The van der Waals surface area contributed by atoms with Crippen LogP contribution in [-0.2, 0) is 6.42 Å². The summed E-state index contributed by atoms with van der Waals surface area (Å²) in [6, 6.07) is 5.74. The van der Waals surface area contributed by atoms with Crippen molar-refractivity contribution in [3.63, 3.8) is 0 Å². The highest BCUT2D eigenvalue weighted by molar-refractivity contribution is 9.10. The van der Waals surface area contributed by atoms with Gasteiger partial charge in [0.25, 0.3) is 0 Å². The molecule has 2 rings (SSSR count). The van der Waals surface area contributed by atoms with Crippen molar-refractivity contribution in [3.8, 4) is 0 Å². The van der Waals surface area contributed by atoms with E-state index in [1.54, 1.807) is 0 Å². The highest BCUT2D eigenvalue weighted by atomic mass is 79.9. The van der Waals surface area contributed by atoms with Crippen LogP contribution in [0, 0.1) is 5.92 Å². The van der Waals surface area contributed by atoms with Crippen LogP contribution in [0.1, 0.15) is 18.9 Å². The zero-order valence-electron chi connectivity index (χ0n) is 9.84. The van der Waals surface area contributed by atoms with E-state index in [1.807, 2.05) is 18.2 Å². The molecule has 94 valence electrons. The number of halogens is 2. The van der Waals surface area contributed by atoms with Gasteiger partial charge in [0.1, 0.15) is 0 Å². The Kier molecular flexibility index (Phi) is 4.14. The number of nitrogens with one attached hydrogen (secondary N) is 1. The third-order valence-corrected chi connectivity index (χ3v) is 4.59. The Morgan fingerprint density at radius 1 is 1.59 bits per heavy atom. The van der Waals surface area contributed by atoms with Crippen molar-refractivity contribution < 1.29 is 5.11 Å². The fourth-order valence-corrected chi connectivity index (χ4v) is 3.14. The minimum atomic E-state index is -0.610. The topological polar surface area (TPSA) is 32.3 Å². The molecule has 0 radical (unpaired) electrons. The van der Waals surface area contributed by atoms with Crippen molar-refractivity contribution in [2.24, 2.45) is 5.92 Å². The van der Waals surface area contributed by atoms with Crippen LogP contribution >= 0.6 is 27.5 Å². The molecule has 1 aromatic carbocycles. The molecule has 0 aliphatic carbocycles. The van der Waals surface area contributed by atoms with E-state index in [4.69, 9.17) is 11.6 Å². The van der Waals surface area contributed by atoms with Gasteiger partial charge in [-0.25, -0.2) is 0 Å². The maximum Gasteiger partial charge on any atom is 0.0737 e. The van der Waals surface area contributed by atoms with Crippen LogP contribution in [0.15, 0.2) is 22.7 Å². The van der Waals surface area contributed by atoms with Gasteiger partial charge in [0.2, 0.25) is 0 Å². The molecule has 1 saturated heterocycles. The van der Waals surface area contributed by atoms with E-state index < -0.39 is 5.60 Å². The van der Waals surface area contributed by atoms with Gasteiger partial charge in [-0.1, -0.05) is 40.5 Å². The molecular weight excluding hydrogens is 302 g/mol. The molecule has 0 saturated carbocycles. The van der Waals surface area contributed by atoms with E-state index in [9.17, 15) is 5.11 Å². The molecule has 2 atom stereocenters. The first-order chi connectivity index (χ1) is 8.01. The molecule has 1 aliphatic rings. The van der Waals surface area contributed by atoms with Gasteiger partial charge >= 0.3 is 0 Å². The molecule has 0 spiro atoms. The Morgan fingerprint density at radius 3 is 3.00 bits per heavy atom. The van der Waals surface area contributed by atoms with Gasteiger partial charge in [-0.15, -0.1) is 0 Å². The van der Waals surface area contributed by atoms with Crippen LogP contribution in [0.4, 0.5) is 0 Å². The second-order valence-electron chi connectivity index (χ2n) is 4.87. The molecule has 17 heavy (non-hydrogen) atoms. The van der Waals surface area contributed by atoms with E-state index in [-0.39, 0.29) is 5.92 Å². The Balaban J connectivity index is 2.19. The van der Waals surface area contributed by atoms with Crippen LogP contribution < -0.4 is 5.32 Å². The summed E-state index contributed by atoms with van der Waals surface area (Å²) in [4.78, 5) is 0. The fourth-order valence-electron chi connectivity index (χ4n) is 2.32. The van der Waals surface area contributed by atoms with Gasteiger partial charge in [0.05, 0.1) is 5.60 Å². The average molecular weight is 319 g/mol. The monoisotopic (exact) mass is 317 g/mol. The number of rotatable bonds is 2. The maximum absolute atomic E-state index is 10.7. The molecular formula is C13H17BrClNO. The fraction of sp³-hybridized carbons (Fsp3) is 0.538. The summed E-state index contributed by atoms with van der Waals surface area (Å²) < 4.78 is 0.976. The summed E-state index contributed by atoms with van der Waals surface area (Å²) in [5.41, 5.74) is 0.507. The van der Waals surface area contributed by atoms with Gasteiger partial charge in [-0.05, 0) is 36.6 Å². The predicted octanol–water partition coefficient (Wildman–Crippen LogP) is 3.01. The van der Waals surface area contributed by atoms with Crippen LogP contribution in [-0.4, -0.2) is 23.8 Å². The van der Waals surface area contributed by atoms with E-state index in [1.165, 1.54) is 0 Å². The normalized spacial score (nSPS) is 29.3. The largest absolute Gasteiger partial charge is 0.389 e. The molecule has 1 aliphatic heterocycles. The van der Waals surface area contributed by atoms with Crippen molar-refractivity contribution in [2.45, 2.75) is 25.4 Å². The zero-order valence-corrected chi connectivity index (χ0v) is 12.2. The Bertz CT molecular complexity index is 412. The van der Waals surface area contributed by atoms with Crippen molar-refractivity contribution >= 4 is 27.5 Å². The summed E-state index contributed by atoms with van der Waals surface area (Å²) in [6.07, 6.45) is 1.47. The third-order valence-electron chi connectivity index (χ3n) is 3.61. The molecule has 2 unspecified atom stereocenters. The van der Waals surface area contributed by atoms with Gasteiger partial charge in [-0.3, -0.25) is 0 Å². The minimum absolute atomic E-state index is 0.263. The molecule has 1 heterocycles. The number of hydrogen-bond acceptors (Lipinski definition) is 2. The van der Waals surface area contributed by atoms with Gasteiger partial charge < -0.3 is 10.4 Å². The first-order valence-electron chi connectivity index (χ1n) is 5.88. The number of piperidine rings is 1. The van der Waals surface area contributed by atoms with Crippen molar-refractivity contribution in [1.82, 2.24) is 5.32 Å². The minimum Gasteiger partial charge on any atom is -0.389 e. The lowest BCUT2D eigenvalue weighted by Gasteiger charge is -2.39. The van der Waals surface area contributed by atoms with E-state index in [0.717, 1.165) is 29.5 Å². The maximum atomic E-state index is 10.7. The molecule has 2 nitrogen and oxygen atoms in total. The van der Waals surface area contributed by atoms with Crippen LogP contribution in [0.2, 0.25) is 5.02 Å². The second-order valence-corrected chi connectivity index (χ2v) is 6.16. The van der Waals surface area contributed by atoms with Crippen LogP contribution in [0.5, 0.6) is 0 Å². The second kappa shape index (κ2) is 5.27. The zero-order chi connectivity index (χ0) is 12.5. The molecule has 1 fully saturated rings. The lowest BCUT2D eigenvalue weighted by molar-refractivity contribution is -0.0330. The third kappa shape index (κ3) is 3.02. The average Bonchev–Trinajstić information content (AvgIpc) is 2.27. The summed E-state index contributed by atoms with van der Waals surface area (Å²) >= 11 is 9.43. The standard InChI is InChI=1S/C13H17BrClNO/c1-9-8-16-5-4-13(9,17)7-10-2-3-11(15)6-12(10)14/h2-3,6,9,16-17H,4-5,7-8H2,1H3. The first-order valence-corrected chi connectivity index (χ1v) is 7.05. The lowest BCUT2D eigenvalue weighted by atomic mass is 9.78. The smallest absolute Gasteiger partial charge is 0.0737 e. The van der Waals surface area contributed by atoms with E-state index in [0.29, 0.717) is 11.4 Å². The van der Waals surface area contributed by atoms with Crippen molar-refractivity contribution in [2.75, 3.05) is 13.1 Å². The molecule has 0 aromatic heterocycles. The SMILES string of the molecule is CC1CNCCC1(O)Cc1ccc(Cl)cc1Br. The summed E-state index contributed by atoms with van der Waals surface area (Å²) in [7, 11) is 0. The van der Waals surface area contributed by atoms with Gasteiger partial charge in [0, 0.05) is 22.5 Å². The lowest BCUT2D eigenvalue weighted by Crippen LogP contribution is -2.50. The van der Waals surface area contributed by atoms with Gasteiger partial charge in [-0.2, -0.15) is 0 Å². The quantitative estimate of drug-likeness (QED) is 0.878. The first kappa shape index (κ1) is 13.3. The molecule has 2 N–H and O–H groups in total. The van der Waals surface area contributed by atoms with Gasteiger partial charge in [0.15, 0.2) is 0 Å². The Morgan fingerprint density at radius 2 is 2.35 bits per heavy atom. The molecule has 0 amide bonds. The van der Waals surface area contributed by atoms with Crippen LogP contribution in [0.3, 0.4) is 0 Å². The number of aliphatic hydroxyl groups is 1. The molecule has 4 heteroatoms. The molecule has 0 bridgehead atoms. The summed E-state index contributed by atoms with van der Waals surface area (Å²) in [5.74, 6) is 0.263. The molecule has 1 aromatic rings. The summed E-state index contributed by atoms with van der Waals surface area (Å²) in [5, 5.41) is 14.7.